The molecule has 2 aliphatic rings. The van der Waals surface area contributed by atoms with E-state index < -0.39 is 6.23 Å². The van der Waals surface area contributed by atoms with E-state index in [0.717, 1.165) is 25.9 Å². The molecule has 1 unspecified atom stereocenters. The predicted octanol–water partition coefficient (Wildman–Crippen LogP) is 2.95. The number of aliphatic hydroxyl groups is 1. The van der Waals surface area contributed by atoms with Gasteiger partial charge < -0.3 is 15.0 Å². The van der Waals surface area contributed by atoms with Crippen molar-refractivity contribution in [2.24, 2.45) is 5.92 Å². The predicted molar refractivity (Wildman–Crippen MR) is 122 cm³/mol. The Balaban J connectivity index is 1.58. The summed E-state index contributed by atoms with van der Waals surface area (Å²) in [4.78, 5) is 14.0. The lowest BCUT2D eigenvalue weighted by molar-refractivity contribution is -0.267. The minimum Gasteiger partial charge on any atom is -0.376 e. The number of nitrogens with one attached hydrogen (secondary N) is 1. The third-order valence-corrected chi connectivity index (χ3v) is 6.44. The molecule has 4 rings (SSSR count). The highest BCUT2D eigenvalue weighted by Crippen LogP contribution is 2.41. The lowest BCUT2D eigenvalue weighted by Crippen LogP contribution is -2.51. The molecule has 30 heavy (non-hydrogen) atoms. The van der Waals surface area contributed by atoms with Gasteiger partial charge in [-0.15, -0.1) is 0 Å². The fraction of sp³-hybridized carbons (Fsp3) is 0.583. The van der Waals surface area contributed by atoms with Crippen molar-refractivity contribution in [3.8, 4) is 0 Å². The fourth-order valence-electron chi connectivity index (χ4n) is 4.94. The number of nitrogens with zero attached hydrogens (tertiary/aromatic N) is 3. The average Bonchev–Trinajstić information content (AvgIpc) is 3.12. The number of aromatic amines is 1. The summed E-state index contributed by atoms with van der Waals surface area (Å²) < 4.78 is 0. The molecule has 0 saturated carbocycles. The van der Waals surface area contributed by atoms with Gasteiger partial charge in [0.15, 0.2) is 0 Å². The normalized spacial score (nSPS) is 22.8. The molecule has 2 aromatic rings. The molecule has 0 saturated heterocycles. The van der Waals surface area contributed by atoms with Gasteiger partial charge in [0.05, 0.1) is 6.61 Å². The van der Waals surface area contributed by atoms with Crippen LogP contribution in [0.15, 0.2) is 30.5 Å². The van der Waals surface area contributed by atoms with E-state index in [-0.39, 0.29) is 12.0 Å². The summed E-state index contributed by atoms with van der Waals surface area (Å²) in [5.74, 6) is -0.00625. The first-order valence-electron chi connectivity index (χ1n) is 11.1. The summed E-state index contributed by atoms with van der Waals surface area (Å²) in [7, 11) is 6.30. The van der Waals surface area contributed by atoms with E-state index in [2.05, 4.69) is 80.2 Å². The van der Waals surface area contributed by atoms with Crippen LogP contribution in [0.4, 0.5) is 0 Å². The van der Waals surface area contributed by atoms with Crippen LogP contribution in [0, 0.1) is 5.92 Å². The molecule has 0 amide bonds. The number of hydrogen-bond donors (Lipinski definition) is 2. The Hall–Kier alpha value is -1.70. The largest absolute Gasteiger partial charge is 0.376 e. The van der Waals surface area contributed by atoms with Gasteiger partial charge in [0.25, 0.3) is 0 Å². The fourth-order valence-corrected chi connectivity index (χ4v) is 4.94. The SMILES string of the molecule is CC(C)N(OCCCN(C)C)C(O)[C@@H]1C=C2c3cccc4[nH]cc(c34)C[C@H]2N(C)C1. The summed E-state index contributed by atoms with van der Waals surface area (Å²) in [6.45, 7) is 6.55. The van der Waals surface area contributed by atoms with Crippen molar-refractivity contribution in [2.75, 3.05) is 40.8 Å². The van der Waals surface area contributed by atoms with Gasteiger partial charge in [0, 0.05) is 41.6 Å². The first-order valence-corrected chi connectivity index (χ1v) is 11.1. The van der Waals surface area contributed by atoms with Crippen molar-refractivity contribution < 1.29 is 9.94 Å². The van der Waals surface area contributed by atoms with Crippen LogP contribution in [0.3, 0.4) is 0 Å². The summed E-state index contributed by atoms with van der Waals surface area (Å²) >= 11 is 0. The quantitative estimate of drug-likeness (QED) is 0.397. The lowest BCUT2D eigenvalue weighted by Gasteiger charge is -2.43. The van der Waals surface area contributed by atoms with E-state index in [4.69, 9.17) is 4.84 Å². The van der Waals surface area contributed by atoms with E-state index in [1.807, 2.05) is 0 Å². The highest BCUT2D eigenvalue weighted by atomic mass is 16.7. The Morgan fingerprint density at radius 1 is 1.30 bits per heavy atom. The summed E-state index contributed by atoms with van der Waals surface area (Å²) in [6, 6.07) is 6.94. The van der Waals surface area contributed by atoms with Crippen LogP contribution in [0.25, 0.3) is 16.5 Å². The molecule has 0 spiro atoms. The van der Waals surface area contributed by atoms with Crippen LogP contribution in [0.2, 0.25) is 0 Å². The maximum atomic E-state index is 11.3. The van der Waals surface area contributed by atoms with Crippen LogP contribution in [0.1, 0.15) is 31.4 Å². The van der Waals surface area contributed by atoms with Gasteiger partial charge in [-0.2, -0.15) is 5.06 Å². The topological polar surface area (TPSA) is 55.0 Å². The molecule has 0 fully saturated rings. The lowest BCUT2D eigenvalue weighted by atomic mass is 9.79. The van der Waals surface area contributed by atoms with Gasteiger partial charge in [-0.25, -0.2) is 0 Å². The van der Waals surface area contributed by atoms with Crippen molar-refractivity contribution >= 4 is 16.5 Å². The smallest absolute Gasteiger partial charge is 0.137 e. The molecule has 0 bridgehead atoms. The molecule has 2 heterocycles. The van der Waals surface area contributed by atoms with Gasteiger partial charge in [0.1, 0.15) is 6.23 Å². The van der Waals surface area contributed by atoms with Gasteiger partial charge in [0.2, 0.25) is 0 Å². The Kier molecular flexibility index (Phi) is 6.32. The molecule has 3 atom stereocenters. The molecule has 1 aromatic heterocycles. The number of rotatable bonds is 8. The van der Waals surface area contributed by atoms with Crippen molar-refractivity contribution in [1.82, 2.24) is 19.8 Å². The Bertz CT molecular complexity index is 904. The van der Waals surface area contributed by atoms with Gasteiger partial charge in [-0.3, -0.25) is 9.74 Å². The molecule has 2 N–H and O–H groups in total. The van der Waals surface area contributed by atoms with Gasteiger partial charge in [-0.1, -0.05) is 18.2 Å². The molecule has 6 nitrogen and oxygen atoms in total. The number of hydroxylamine groups is 2. The Morgan fingerprint density at radius 3 is 2.83 bits per heavy atom. The zero-order valence-corrected chi connectivity index (χ0v) is 18.9. The monoisotopic (exact) mass is 412 g/mol. The Labute approximate surface area is 180 Å². The molecule has 1 aliphatic carbocycles. The number of aromatic nitrogens is 1. The van der Waals surface area contributed by atoms with Crippen LogP contribution < -0.4 is 0 Å². The minimum absolute atomic E-state index is 0.00625. The summed E-state index contributed by atoms with van der Waals surface area (Å²) in [5, 5.41) is 14.4. The zero-order chi connectivity index (χ0) is 21.4. The van der Waals surface area contributed by atoms with Crippen molar-refractivity contribution in [3.05, 3.63) is 41.6 Å². The first-order chi connectivity index (χ1) is 14.4. The second-order valence-electron chi connectivity index (χ2n) is 9.34. The highest BCUT2D eigenvalue weighted by molar-refractivity contribution is 5.98. The van der Waals surface area contributed by atoms with Crippen LogP contribution >= 0.6 is 0 Å². The molecule has 164 valence electrons. The molecule has 1 aromatic carbocycles. The molecular weight excluding hydrogens is 376 g/mol. The van der Waals surface area contributed by atoms with E-state index in [1.54, 1.807) is 5.06 Å². The number of fused-ring (bicyclic) bond motifs is 2. The molecule has 6 heteroatoms. The number of H-pyrrole nitrogens is 1. The van der Waals surface area contributed by atoms with Crippen molar-refractivity contribution in [2.45, 2.75) is 45.0 Å². The van der Waals surface area contributed by atoms with Crippen LogP contribution in [-0.2, 0) is 11.3 Å². The molecule has 1 aliphatic heterocycles. The number of hydrogen-bond acceptors (Lipinski definition) is 5. The van der Waals surface area contributed by atoms with Gasteiger partial charge >= 0.3 is 0 Å². The van der Waals surface area contributed by atoms with E-state index in [0.29, 0.717) is 12.6 Å². The highest BCUT2D eigenvalue weighted by Gasteiger charge is 2.37. The Morgan fingerprint density at radius 2 is 2.10 bits per heavy atom. The maximum absolute atomic E-state index is 11.3. The third kappa shape index (κ3) is 4.07. The van der Waals surface area contributed by atoms with Crippen molar-refractivity contribution in [1.29, 1.82) is 0 Å². The zero-order valence-electron chi connectivity index (χ0n) is 18.9. The number of benzene rings is 1. The molecular formula is C24H36N4O2. The van der Waals surface area contributed by atoms with E-state index in [9.17, 15) is 5.11 Å². The molecule has 0 radical (unpaired) electrons. The number of aliphatic hydroxyl groups excluding tert-OH is 1. The third-order valence-electron chi connectivity index (χ3n) is 6.44. The van der Waals surface area contributed by atoms with Crippen LogP contribution in [-0.4, -0.2) is 84.1 Å². The van der Waals surface area contributed by atoms with Crippen LogP contribution in [0.5, 0.6) is 0 Å². The standard InChI is InChI=1S/C24H36N4O2/c1-16(2)28(30-11-7-10-26(3)4)24(29)18-12-20-19-8-6-9-21-23(19)17(14-25-21)13-22(20)27(5)15-18/h6,8-9,12,14,16,18,22,24-25,29H,7,10-11,13,15H2,1-5H3/t18-,22-,24?/m1/s1. The second-order valence-corrected chi connectivity index (χ2v) is 9.34. The summed E-state index contributed by atoms with van der Waals surface area (Å²) in [5.41, 5.74) is 5.22. The average molecular weight is 413 g/mol. The van der Waals surface area contributed by atoms with E-state index in [1.165, 1.54) is 27.6 Å². The van der Waals surface area contributed by atoms with Crippen molar-refractivity contribution in [3.63, 3.8) is 0 Å². The second kappa shape index (κ2) is 8.81. The number of likely N-dealkylation sites (N-methyl/N-ethyl adjacent to an activating group) is 1. The van der Waals surface area contributed by atoms with E-state index >= 15 is 0 Å². The van der Waals surface area contributed by atoms with Gasteiger partial charge in [-0.05, 0) is 77.1 Å². The first kappa shape index (κ1) is 21.5. The minimum atomic E-state index is -0.674. The maximum Gasteiger partial charge on any atom is 0.137 e. The summed E-state index contributed by atoms with van der Waals surface area (Å²) in [6.07, 6.45) is 5.74.